The molecular formula is C21H34N2O2S. The third-order valence-corrected chi connectivity index (χ3v) is 7.54. The zero-order valence-electron chi connectivity index (χ0n) is 16.3. The third-order valence-electron chi connectivity index (χ3n) is 6.01. The molecule has 146 valence electrons. The van der Waals surface area contributed by atoms with Crippen molar-refractivity contribution in [3.05, 3.63) is 29.8 Å². The summed E-state index contributed by atoms with van der Waals surface area (Å²) in [7, 11) is -3.42. The molecule has 26 heavy (non-hydrogen) atoms. The lowest BCUT2D eigenvalue weighted by atomic mass is 9.88. The van der Waals surface area contributed by atoms with Gasteiger partial charge < -0.3 is 4.90 Å². The van der Waals surface area contributed by atoms with Crippen LogP contribution in [-0.4, -0.2) is 39.0 Å². The van der Waals surface area contributed by atoms with Crippen LogP contribution in [0.4, 0.5) is 0 Å². The molecule has 5 heteroatoms. The fourth-order valence-corrected chi connectivity index (χ4v) is 5.59. The van der Waals surface area contributed by atoms with Gasteiger partial charge in [0.25, 0.3) is 0 Å². The van der Waals surface area contributed by atoms with Crippen LogP contribution in [0.3, 0.4) is 0 Å². The first kappa shape index (κ1) is 19.8. The predicted molar refractivity (Wildman–Crippen MR) is 107 cm³/mol. The van der Waals surface area contributed by atoms with Crippen LogP contribution >= 0.6 is 0 Å². The lowest BCUT2D eigenvalue weighted by Gasteiger charge is -2.35. The molecule has 3 rings (SSSR count). The Bertz CT molecular complexity index is 656. The fraction of sp³-hybridized carbons (Fsp3) is 0.714. The van der Waals surface area contributed by atoms with E-state index in [9.17, 15) is 8.42 Å². The number of sulfonamides is 1. The van der Waals surface area contributed by atoms with Crippen LogP contribution in [0.5, 0.6) is 0 Å². The molecule has 1 aromatic carbocycles. The van der Waals surface area contributed by atoms with Crippen molar-refractivity contribution >= 4 is 10.0 Å². The van der Waals surface area contributed by atoms with Crippen molar-refractivity contribution in [2.45, 2.75) is 75.6 Å². The maximum atomic E-state index is 12.7. The summed E-state index contributed by atoms with van der Waals surface area (Å²) in [5.74, 6) is 1.27. The van der Waals surface area contributed by atoms with Gasteiger partial charge in [-0.2, -0.15) is 0 Å². The van der Waals surface area contributed by atoms with Gasteiger partial charge in [0.05, 0.1) is 4.90 Å². The summed E-state index contributed by atoms with van der Waals surface area (Å²) < 4.78 is 28.2. The summed E-state index contributed by atoms with van der Waals surface area (Å²) in [5, 5.41) is 0. The number of hydrogen-bond acceptors (Lipinski definition) is 3. The molecule has 0 unspecified atom stereocenters. The molecule has 0 radical (unpaired) electrons. The van der Waals surface area contributed by atoms with E-state index in [4.69, 9.17) is 0 Å². The average molecular weight is 379 g/mol. The first-order valence-electron chi connectivity index (χ1n) is 10.3. The van der Waals surface area contributed by atoms with Crippen molar-refractivity contribution in [3.63, 3.8) is 0 Å². The molecule has 0 bridgehead atoms. The van der Waals surface area contributed by atoms with Crippen molar-refractivity contribution in [1.82, 2.24) is 9.62 Å². The Morgan fingerprint density at radius 2 is 1.62 bits per heavy atom. The zero-order valence-corrected chi connectivity index (χ0v) is 17.1. The normalized spacial score (nSPS) is 21.3. The number of nitrogens with one attached hydrogen (secondary N) is 1. The van der Waals surface area contributed by atoms with E-state index in [1.807, 2.05) is 12.1 Å². The largest absolute Gasteiger partial charge is 0.303 e. The molecule has 0 aromatic heterocycles. The quantitative estimate of drug-likeness (QED) is 0.809. The second-order valence-electron chi connectivity index (χ2n) is 8.42. The number of piperidine rings is 1. The van der Waals surface area contributed by atoms with E-state index in [2.05, 4.69) is 23.5 Å². The lowest BCUT2D eigenvalue weighted by Crippen LogP contribution is -2.45. The summed E-state index contributed by atoms with van der Waals surface area (Å²) in [6.45, 7) is 7.45. The number of benzene rings is 1. The Morgan fingerprint density at radius 1 is 1.00 bits per heavy atom. The molecule has 0 atom stereocenters. The third kappa shape index (κ3) is 5.30. The van der Waals surface area contributed by atoms with Crippen LogP contribution in [-0.2, 0) is 10.0 Å². The Balaban J connectivity index is 1.49. The molecule has 1 N–H and O–H groups in total. The molecule has 2 fully saturated rings. The van der Waals surface area contributed by atoms with Crippen molar-refractivity contribution < 1.29 is 8.42 Å². The van der Waals surface area contributed by atoms with Gasteiger partial charge in [-0.05, 0) is 68.3 Å². The maximum absolute atomic E-state index is 12.7. The van der Waals surface area contributed by atoms with Crippen molar-refractivity contribution in [3.8, 4) is 0 Å². The van der Waals surface area contributed by atoms with Gasteiger partial charge >= 0.3 is 0 Å². The highest BCUT2D eigenvalue weighted by molar-refractivity contribution is 7.89. The second-order valence-corrected chi connectivity index (χ2v) is 10.1. The number of rotatable bonds is 6. The van der Waals surface area contributed by atoms with Gasteiger partial charge in [-0.15, -0.1) is 0 Å². The molecular weight excluding hydrogens is 344 g/mol. The Labute approximate surface area is 159 Å². The molecule has 1 saturated carbocycles. The van der Waals surface area contributed by atoms with Gasteiger partial charge in [-0.1, -0.05) is 45.2 Å². The monoisotopic (exact) mass is 378 g/mol. The summed E-state index contributed by atoms with van der Waals surface area (Å²) in [6.07, 6.45) is 8.75. The maximum Gasteiger partial charge on any atom is 0.240 e. The van der Waals surface area contributed by atoms with Gasteiger partial charge in [-0.3, -0.25) is 0 Å². The number of hydrogen-bond donors (Lipinski definition) is 1. The van der Waals surface area contributed by atoms with Crippen LogP contribution in [0.2, 0.25) is 0 Å². The van der Waals surface area contributed by atoms with Crippen molar-refractivity contribution in [2.24, 2.45) is 5.92 Å². The highest BCUT2D eigenvalue weighted by Crippen LogP contribution is 2.26. The smallest absolute Gasteiger partial charge is 0.240 e. The molecule has 1 heterocycles. The van der Waals surface area contributed by atoms with Crippen molar-refractivity contribution in [2.75, 3.05) is 19.6 Å². The molecule has 4 nitrogen and oxygen atoms in total. The van der Waals surface area contributed by atoms with Crippen LogP contribution in [0, 0.1) is 5.92 Å². The van der Waals surface area contributed by atoms with Gasteiger partial charge in [-0.25, -0.2) is 13.1 Å². The first-order valence-corrected chi connectivity index (χ1v) is 11.8. The minimum atomic E-state index is -3.42. The topological polar surface area (TPSA) is 49.4 Å². The van der Waals surface area contributed by atoms with E-state index in [1.165, 1.54) is 44.2 Å². The lowest BCUT2D eigenvalue weighted by molar-refractivity contribution is 0.161. The van der Waals surface area contributed by atoms with Crippen LogP contribution in [0.1, 0.15) is 70.3 Å². The van der Waals surface area contributed by atoms with Crippen LogP contribution in [0.15, 0.2) is 29.2 Å². The van der Waals surface area contributed by atoms with Crippen LogP contribution in [0.25, 0.3) is 0 Å². The minimum Gasteiger partial charge on any atom is -0.303 e. The van der Waals surface area contributed by atoms with E-state index in [0.717, 1.165) is 31.8 Å². The van der Waals surface area contributed by atoms with E-state index >= 15 is 0 Å². The molecule has 1 aliphatic carbocycles. The van der Waals surface area contributed by atoms with E-state index in [1.54, 1.807) is 12.1 Å². The summed E-state index contributed by atoms with van der Waals surface area (Å²) in [5.41, 5.74) is 1.17. The molecule has 0 spiro atoms. The Kier molecular flexibility index (Phi) is 6.76. The van der Waals surface area contributed by atoms with Gasteiger partial charge in [0.1, 0.15) is 0 Å². The Hall–Kier alpha value is -0.910. The van der Waals surface area contributed by atoms with E-state index in [0.29, 0.717) is 10.8 Å². The van der Waals surface area contributed by atoms with Crippen LogP contribution < -0.4 is 4.72 Å². The summed E-state index contributed by atoms with van der Waals surface area (Å²) in [4.78, 5) is 2.92. The molecule has 0 amide bonds. The standard InChI is InChI=1S/C21H34N2O2S/c1-17(2)19-8-10-21(11-9-19)26(24,25)22-20-12-14-23(15-13-20)16-18-6-4-3-5-7-18/h8-11,17-18,20,22H,3-7,12-16H2,1-2H3. The predicted octanol–water partition coefficient (Wildman–Crippen LogP) is 4.13. The Morgan fingerprint density at radius 3 is 2.19 bits per heavy atom. The average Bonchev–Trinajstić information content (AvgIpc) is 2.64. The summed E-state index contributed by atoms with van der Waals surface area (Å²) >= 11 is 0. The molecule has 2 aliphatic rings. The van der Waals surface area contributed by atoms with Crippen molar-refractivity contribution in [1.29, 1.82) is 0 Å². The zero-order chi connectivity index (χ0) is 18.6. The first-order chi connectivity index (χ1) is 12.4. The SMILES string of the molecule is CC(C)c1ccc(S(=O)(=O)NC2CCN(CC3CCCCC3)CC2)cc1. The van der Waals surface area contributed by atoms with E-state index < -0.39 is 10.0 Å². The fourth-order valence-electron chi connectivity index (χ4n) is 4.29. The van der Waals surface area contributed by atoms with Gasteiger partial charge in [0.2, 0.25) is 10.0 Å². The minimum absolute atomic E-state index is 0.0624. The van der Waals surface area contributed by atoms with Gasteiger partial charge in [0, 0.05) is 12.6 Å². The molecule has 1 aromatic rings. The highest BCUT2D eigenvalue weighted by atomic mass is 32.2. The van der Waals surface area contributed by atoms with Gasteiger partial charge in [0.15, 0.2) is 0 Å². The second kappa shape index (κ2) is 8.85. The number of likely N-dealkylation sites (tertiary alicyclic amines) is 1. The highest BCUT2D eigenvalue weighted by Gasteiger charge is 2.26. The summed E-state index contributed by atoms with van der Waals surface area (Å²) in [6, 6.07) is 7.37. The van der Waals surface area contributed by atoms with E-state index in [-0.39, 0.29) is 6.04 Å². The number of nitrogens with zero attached hydrogens (tertiary/aromatic N) is 1. The molecule has 1 aliphatic heterocycles. The molecule has 1 saturated heterocycles.